The Bertz CT molecular complexity index is 891. The molecule has 0 aliphatic carbocycles. The maximum absolute atomic E-state index is 12.5. The van der Waals surface area contributed by atoms with E-state index in [0.29, 0.717) is 33.3 Å². The van der Waals surface area contributed by atoms with Gasteiger partial charge in [0, 0.05) is 0 Å². The summed E-state index contributed by atoms with van der Waals surface area (Å²) in [4.78, 5) is 24.8. The first-order valence-electron chi connectivity index (χ1n) is 8.24. The van der Waals surface area contributed by atoms with Crippen molar-refractivity contribution < 1.29 is 23.8 Å². The fraction of sp³-hybridized carbons (Fsp3) is 0.263. The summed E-state index contributed by atoms with van der Waals surface area (Å²) in [7, 11) is 1.46. The number of methoxy groups -OCH3 is 1. The Hall–Kier alpha value is -1.96. The Labute approximate surface area is 181 Å². The molecule has 1 amide bonds. The first kappa shape index (κ1) is 22.3. The normalized spacial score (nSPS) is 11.5. The summed E-state index contributed by atoms with van der Waals surface area (Å²) in [5.41, 5.74) is 0.528. The SMILES string of the molecule is CCOc1c(Br)cc(C(=O)OC(C)C(=O)Nc2cccc(Cl)c2Cl)cc1OC. The van der Waals surface area contributed by atoms with Crippen LogP contribution in [-0.2, 0) is 9.53 Å². The van der Waals surface area contributed by atoms with Crippen molar-refractivity contribution in [1.29, 1.82) is 0 Å². The largest absolute Gasteiger partial charge is 0.493 e. The van der Waals surface area contributed by atoms with Gasteiger partial charge in [0.1, 0.15) is 0 Å². The minimum absolute atomic E-state index is 0.201. The number of hydrogen-bond donors (Lipinski definition) is 1. The highest BCUT2D eigenvalue weighted by atomic mass is 79.9. The summed E-state index contributed by atoms with van der Waals surface area (Å²) < 4.78 is 16.5. The quantitative estimate of drug-likeness (QED) is 0.529. The van der Waals surface area contributed by atoms with Crippen molar-refractivity contribution in [3.8, 4) is 11.5 Å². The molecule has 1 atom stereocenters. The lowest BCUT2D eigenvalue weighted by molar-refractivity contribution is -0.123. The molecule has 0 aliphatic rings. The molecule has 0 fully saturated rings. The van der Waals surface area contributed by atoms with Crippen LogP contribution >= 0.6 is 39.1 Å². The van der Waals surface area contributed by atoms with E-state index in [2.05, 4.69) is 21.2 Å². The molecule has 1 unspecified atom stereocenters. The number of benzene rings is 2. The Morgan fingerprint density at radius 1 is 1.25 bits per heavy atom. The van der Waals surface area contributed by atoms with Gasteiger partial charge < -0.3 is 19.5 Å². The Morgan fingerprint density at radius 3 is 2.61 bits per heavy atom. The first-order chi connectivity index (χ1) is 13.3. The Kier molecular flexibility index (Phi) is 7.98. The van der Waals surface area contributed by atoms with E-state index in [4.69, 9.17) is 37.4 Å². The van der Waals surface area contributed by atoms with Crippen molar-refractivity contribution in [1.82, 2.24) is 0 Å². The highest BCUT2D eigenvalue weighted by Crippen LogP contribution is 2.37. The van der Waals surface area contributed by atoms with Crippen LogP contribution in [-0.4, -0.2) is 31.7 Å². The summed E-state index contributed by atoms with van der Waals surface area (Å²) in [6.45, 7) is 3.72. The van der Waals surface area contributed by atoms with Crippen molar-refractivity contribution in [3.63, 3.8) is 0 Å². The van der Waals surface area contributed by atoms with E-state index in [-0.39, 0.29) is 10.6 Å². The highest BCUT2D eigenvalue weighted by molar-refractivity contribution is 9.10. The summed E-state index contributed by atoms with van der Waals surface area (Å²) in [5, 5.41) is 3.09. The van der Waals surface area contributed by atoms with Crippen molar-refractivity contribution in [2.24, 2.45) is 0 Å². The van der Waals surface area contributed by atoms with Crippen LogP contribution in [0.15, 0.2) is 34.8 Å². The number of nitrogens with one attached hydrogen (secondary N) is 1. The number of esters is 1. The summed E-state index contributed by atoms with van der Waals surface area (Å²) in [6.07, 6.45) is -1.07. The van der Waals surface area contributed by atoms with Gasteiger partial charge in [0.15, 0.2) is 17.6 Å². The number of carbonyl (C=O) groups excluding carboxylic acids is 2. The Morgan fingerprint density at radius 2 is 1.96 bits per heavy atom. The maximum Gasteiger partial charge on any atom is 0.339 e. The fourth-order valence-electron chi connectivity index (χ4n) is 2.24. The van der Waals surface area contributed by atoms with Crippen LogP contribution in [0, 0.1) is 0 Å². The van der Waals surface area contributed by atoms with Crippen molar-refractivity contribution in [3.05, 3.63) is 50.4 Å². The van der Waals surface area contributed by atoms with Gasteiger partial charge in [-0.15, -0.1) is 0 Å². The molecule has 0 saturated carbocycles. The molecule has 0 saturated heterocycles. The zero-order valence-electron chi connectivity index (χ0n) is 15.3. The van der Waals surface area contributed by atoms with Gasteiger partial charge in [0.25, 0.3) is 5.91 Å². The third-order valence-electron chi connectivity index (χ3n) is 3.62. The fourth-order valence-corrected chi connectivity index (χ4v) is 3.14. The maximum atomic E-state index is 12.5. The minimum atomic E-state index is -1.07. The smallest absolute Gasteiger partial charge is 0.339 e. The van der Waals surface area contributed by atoms with Crippen molar-refractivity contribution in [2.75, 3.05) is 19.0 Å². The number of rotatable bonds is 7. The van der Waals surface area contributed by atoms with Crippen LogP contribution in [0.1, 0.15) is 24.2 Å². The molecule has 2 rings (SSSR count). The topological polar surface area (TPSA) is 73.9 Å². The van der Waals surface area contributed by atoms with Gasteiger partial charge >= 0.3 is 5.97 Å². The second-order valence-corrected chi connectivity index (χ2v) is 7.20. The Balaban J connectivity index is 2.12. The second-order valence-electron chi connectivity index (χ2n) is 5.56. The molecule has 2 aromatic rings. The third-order valence-corrected chi connectivity index (χ3v) is 5.02. The molecular weight excluding hydrogens is 473 g/mol. The van der Waals surface area contributed by atoms with Crippen LogP contribution in [0.2, 0.25) is 10.0 Å². The standard InChI is InChI=1S/C19H18BrCl2NO5/c1-4-27-17-12(20)8-11(9-15(17)26-3)19(25)28-10(2)18(24)23-14-7-5-6-13(21)16(14)22/h5-10H,4H2,1-3H3,(H,23,24). The van der Waals surface area contributed by atoms with Crippen LogP contribution in [0.4, 0.5) is 5.69 Å². The molecular formula is C19H18BrCl2NO5. The number of halogens is 3. The van der Waals surface area contributed by atoms with Gasteiger partial charge in [0.05, 0.1) is 39.5 Å². The number of amides is 1. The molecule has 6 nitrogen and oxygen atoms in total. The van der Waals surface area contributed by atoms with E-state index >= 15 is 0 Å². The van der Waals surface area contributed by atoms with Crippen LogP contribution in [0.5, 0.6) is 11.5 Å². The van der Waals surface area contributed by atoms with Crippen LogP contribution in [0.3, 0.4) is 0 Å². The van der Waals surface area contributed by atoms with E-state index in [9.17, 15) is 9.59 Å². The monoisotopic (exact) mass is 489 g/mol. The molecule has 0 heterocycles. The second kappa shape index (κ2) is 10.0. The van der Waals surface area contributed by atoms with Gasteiger partial charge in [-0.25, -0.2) is 4.79 Å². The predicted molar refractivity (Wildman–Crippen MR) is 112 cm³/mol. The lowest BCUT2D eigenvalue weighted by Crippen LogP contribution is -2.30. The summed E-state index contributed by atoms with van der Waals surface area (Å²) in [6, 6.07) is 7.85. The zero-order chi connectivity index (χ0) is 20.8. The van der Waals surface area contributed by atoms with Gasteiger partial charge in [0.2, 0.25) is 0 Å². The highest BCUT2D eigenvalue weighted by Gasteiger charge is 2.22. The van der Waals surface area contributed by atoms with E-state index in [0.717, 1.165) is 0 Å². The molecule has 2 aromatic carbocycles. The van der Waals surface area contributed by atoms with Gasteiger partial charge in [-0.2, -0.15) is 0 Å². The van der Waals surface area contributed by atoms with E-state index in [1.54, 1.807) is 18.2 Å². The minimum Gasteiger partial charge on any atom is -0.493 e. The lowest BCUT2D eigenvalue weighted by atomic mass is 10.2. The number of hydrogen-bond acceptors (Lipinski definition) is 5. The molecule has 0 aromatic heterocycles. The number of carbonyl (C=O) groups is 2. The molecule has 9 heteroatoms. The van der Waals surface area contributed by atoms with Gasteiger partial charge in [-0.05, 0) is 54.0 Å². The summed E-state index contributed by atoms with van der Waals surface area (Å²) >= 11 is 15.3. The predicted octanol–water partition coefficient (Wildman–Crippen LogP) is 5.35. The van der Waals surface area contributed by atoms with Crippen molar-refractivity contribution >= 4 is 56.7 Å². The average Bonchev–Trinajstić information content (AvgIpc) is 2.66. The van der Waals surface area contributed by atoms with E-state index < -0.39 is 18.0 Å². The molecule has 28 heavy (non-hydrogen) atoms. The molecule has 0 bridgehead atoms. The summed E-state index contributed by atoms with van der Waals surface area (Å²) in [5.74, 6) is -0.398. The lowest BCUT2D eigenvalue weighted by Gasteiger charge is -2.16. The first-order valence-corrected chi connectivity index (χ1v) is 9.79. The van der Waals surface area contributed by atoms with Crippen molar-refractivity contribution in [2.45, 2.75) is 20.0 Å². The third kappa shape index (κ3) is 5.31. The van der Waals surface area contributed by atoms with Crippen LogP contribution in [0.25, 0.3) is 0 Å². The molecule has 0 aliphatic heterocycles. The molecule has 1 N–H and O–H groups in total. The average molecular weight is 491 g/mol. The van der Waals surface area contributed by atoms with Gasteiger partial charge in [-0.3, -0.25) is 4.79 Å². The number of anilines is 1. The molecule has 0 radical (unpaired) electrons. The van der Waals surface area contributed by atoms with Gasteiger partial charge in [-0.1, -0.05) is 29.3 Å². The van der Waals surface area contributed by atoms with E-state index in [1.807, 2.05) is 6.92 Å². The number of ether oxygens (including phenoxy) is 3. The van der Waals surface area contributed by atoms with Crippen LogP contribution < -0.4 is 14.8 Å². The molecule has 150 valence electrons. The molecule has 0 spiro atoms. The zero-order valence-corrected chi connectivity index (χ0v) is 18.4. The van der Waals surface area contributed by atoms with E-state index in [1.165, 1.54) is 26.2 Å².